The van der Waals surface area contributed by atoms with Crippen molar-refractivity contribution in [3.8, 4) is 0 Å². The fourth-order valence-corrected chi connectivity index (χ4v) is 4.16. The van der Waals surface area contributed by atoms with Crippen molar-refractivity contribution in [2.45, 2.75) is 101 Å². The summed E-state index contributed by atoms with van der Waals surface area (Å²) in [4.78, 5) is 11.9. The zero-order valence-electron chi connectivity index (χ0n) is 15.2. The van der Waals surface area contributed by atoms with Crippen molar-refractivity contribution in [2.24, 2.45) is 5.92 Å². The van der Waals surface area contributed by atoms with Gasteiger partial charge in [-0.2, -0.15) is 13.2 Å². The summed E-state index contributed by atoms with van der Waals surface area (Å²) in [6.07, 6.45) is -2.37. The van der Waals surface area contributed by atoms with Gasteiger partial charge >= 0.3 is 12.1 Å². The first-order chi connectivity index (χ1) is 11.3. The molecule has 144 valence electrons. The Hall–Kier alpha value is -0.820. The number of halogens is 3. The summed E-state index contributed by atoms with van der Waals surface area (Å²) in [5, 5.41) is 0. The molecule has 2 saturated heterocycles. The van der Waals surface area contributed by atoms with Crippen LogP contribution in [0.5, 0.6) is 0 Å². The second-order valence-corrected chi connectivity index (χ2v) is 8.72. The number of epoxide rings is 2. The first-order valence-corrected chi connectivity index (χ1v) is 8.97. The smallest absolute Gasteiger partial charge is 0.399 e. The van der Waals surface area contributed by atoms with Crippen LogP contribution in [0.1, 0.15) is 66.2 Å². The van der Waals surface area contributed by atoms with E-state index in [0.29, 0.717) is 12.8 Å². The molecule has 0 radical (unpaired) electrons. The van der Waals surface area contributed by atoms with E-state index in [1.807, 2.05) is 13.8 Å². The van der Waals surface area contributed by atoms with Crippen LogP contribution in [-0.2, 0) is 19.0 Å². The predicted molar refractivity (Wildman–Crippen MR) is 84.0 cm³/mol. The van der Waals surface area contributed by atoms with Gasteiger partial charge in [0.15, 0.2) is 0 Å². The normalized spacial score (nSPS) is 38.4. The van der Waals surface area contributed by atoms with Crippen molar-refractivity contribution in [1.82, 2.24) is 0 Å². The molecule has 0 aromatic heterocycles. The van der Waals surface area contributed by atoms with Crippen molar-refractivity contribution in [3.63, 3.8) is 0 Å². The van der Waals surface area contributed by atoms with Crippen LogP contribution in [0.25, 0.3) is 0 Å². The van der Waals surface area contributed by atoms with E-state index in [0.717, 1.165) is 19.3 Å². The second kappa shape index (κ2) is 5.84. The van der Waals surface area contributed by atoms with Crippen LogP contribution in [-0.4, -0.2) is 41.2 Å². The average Bonchev–Trinajstić information content (AvgIpc) is 3.27. The first kappa shape index (κ1) is 19.0. The maximum Gasteiger partial charge on any atom is 0.399 e. The number of hydrogen-bond donors (Lipinski definition) is 0. The van der Waals surface area contributed by atoms with Crippen molar-refractivity contribution >= 4 is 5.97 Å². The lowest BCUT2D eigenvalue weighted by Crippen LogP contribution is -2.44. The molecule has 5 atom stereocenters. The maximum absolute atomic E-state index is 12.5. The minimum absolute atomic E-state index is 0.00659. The van der Waals surface area contributed by atoms with E-state index in [1.54, 1.807) is 6.92 Å². The SMILES string of the molecule is CC1(C)OC1CCC(C)(OC(=O)CC(F)(F)F)C1CCC2(C)OC2C1. The van der Waals surface area contributed by atoms with Gasteiger partial charge in [-0.15, -0.1) is 0 Å². The Labute approximate surface area is 146 Å². The van der Waals surface area contributed by atoms with Gasteiger partial charge in [-0.25, -0.2) is 0 Å². The number of fused-ring (bicyclic) bond motifs is 1. The van der Waals surface area contributed by atoms with E-state index < -0.39 is 24.2 Å². The van der Waals surface area contributed by atoms with Gasteiger partial charge in [0.1, 0.15) is 12.0 Å². The predicted octanol–water partition coefficient (Wildman–Crippen LogP) is 4.16. The van der Waals surface area contributed by atoms with Gasteiger partial charge in [0, 0.05) is 5.92 Å². The highest BCUT2D eigenvalue weighted by atomic mass is 19.4. The number of alkyl halides is 3. The van der Waals surface area contributed by atoms with E-state index in [9.17, 15) is 18.0 Å². The molecule has 3 rings (SSSR count). The second-order valence-electron chi connectivity index (χ2n) is 8.72. The van der Waals surface area contributed by atoms with Crippen LogP contribution in [0.3, 0.4) is 0 Å². The third-order valence-corrected chi connectivity index (χ3v) is 6.15. The van der Waals surface area contributed by atoms with Crippen molar-refractivity contribution in [3.05, 3.63) is 0 Å². The minimum atomic E-state index is -4.55. The monoisotopic (exact) mass is 364 g/mol. The summed E-state index contributed by atoms with van der Waals surface area (Å²) in [6.45, 7) is 7.79. The molecule has 25 heavy (non-hydrogen) atoms. The summed E-state index contributed by atoms with van der Waals surface area (Å²) in [5.41, 5.74) is -1.20. The molecule has 3 fully saturated rings. The third kappa shape index (κ3) is 4.30. The molecule has 0 bridgehead atoms. The summed E-state index contributed by atoms with van der Waals surface area (Å²) < 4.78 is 54.3. The topological polar surface area (TPSA) is 51.4 Å². The Morgan fingerprint density at radius 3 is 2.40 bits per heavy atom. The molecular weight excluding hydrogens is 337 g/mol. The van der Waals surface area contributed by atoms with Gasteiger partial charge in [0.25, 0.3) is 0 Å². The van der Waals surface area contributed by atoms with Gasteiger partial charge in [-0.05, 0) is 59.8 Å². The summed E-state index contributed by atoms with van der Waals surface area (Å²) >= 11 is 0. The zero-order chi connectivity index (χ0) is 18.7. The van der Waals surface area contributed by atoms with Gasteiger partial charge in [0.2, 0.25) is 0 Å². The molecule has 0 aromatic rings. The molecule has 4 nitrogen and oxygen atoms in total. The molecule has 0 aromatic carbocycles. The minimum Gasteiger partial charge on any atom is -0.459 e. The van der Waals surface area contributed by atoms with E-state index >= 15 is 0 Å². The van der Waals surface area contributed by atoms with Crippen LogP contribution >= 0.6 is 0 Å². The molecule has 1 saturated carbocycles. The Kier molecular flexibility index (Phi) is 4.43. The van der Waals surface area contributed by atoms with Crippen LogP contribution in [0.15, 0.2) is 0 Å². The molecular formula is C18H27F3O4. The Morgan fingerprint density at radius 1 is 1.24 bits per heavy atom. The molecule has 0 N–H and O–H groups in total. The number of carbonyl (C=O) groups is 1. The van der Waals surface area contributed by atoms with E-state index in [2.05, 4.69) is 6.92 Å². The maximum atomic E-state index is 12.5. The number of ether oxygens (including phenoxy) is 3. The summed E-state index contributed by atoms with van der Waals surface area (Å²) in [5.74, 6) is -1.19. The van der Waals surface area contributed by atoms with E-state index in [1.165, 1.54) is 0 Å². The molecule has 2 aliphatic heterocycles. The van der Waals surface area contributed by atoms with Crippen LogP contribution in [0, 0.1) is 5.92 Å². The summed E-state index contributed by atoms with van der Waals surface area (Å²) in [6, 6.07) is 0. The van der Waals surface area contributed by atoms with E-state index in [-0.39, 0.29) is 29.3 Å². The standard InChI is InChI=1S/C18H27F3O4/c1-15(2)12(23-15)6-8-16(3,25-14(22)10-18(19,20)21)11-5-7-17(4)13(9-11)24-17/h11-13H,5-10H2,1-4H3. The highest BCUT2D eigenvalue weighted by molar-refractivity contribution is 5.70. The van der Waals surface area contributed by atoms with Crippen molar-refractivity contribution in [2.75, 3.05) is 0 Å². The number of carbonyl (C=O) groups excluding carboxylic acids is 1. The number of hydrogen-bond acceptors (Lipinski definition) is 4. The van der Waals surface area contributed by atoms with Crippen molar-refractivity contribution in [1.29, 1.82) is 0 Å². The van der Waals surface area contributed by atoms with Crippen LogP contribution in [0.2, 0.25) is 0 Å². The lowest BCUT2D eigenvalue weighted by molar-refractivity contribution is -0.188. The molecule has 7 heteroatoms. The third-order valence-electron chi connectivity index (χ3n) is 6.15. The van der Waals surface area contributed by atoms with Crippen LogP contribution in [0.4, 0.5) is 13.2 Å². The number of esters is 1. The number of rotatable bonds is 6. The Morgan fingerprint density at radius 2 is 1.88 bits per heavy atom. The molecule has 2 heterocycles. The van der Waals surface area contributed by atoms with Crippen LogP contribution < -0.4 is 0 Å². The lowest BCUT2D eigenvalue weighted by Gasteiger charge is -2.39. The fraction of sp³-hybridized carbons (Fsp3) is 0.944. The molecule has 3 aliphatic rings. The quantitative estimate of drug-likeness (QED) is 0.525. The molecule has 0 amide bonds. The van der Waals surface area contributed by atoms with Gasteiger partial charge in [-0.1, -0.05) is 0 Å². The average molecular weight is 364 g/mol. The highest BCUT2D eigenvalue weighted by Crippen LogP contribution is 2.53. The summed E-state index contributed by atoms with van der Waals surface area (Å²) in [7, 11) is 0. The Bertz CT molecular complexity index is 547. The van der Waals surface area contributed by atoms with E-state index in [4.69, 9.17) is 14.2 Å². The first-order valence-electron chi connectivity index (χ1n) is 8.97. The lowest BCUT2D eigenvalue weighted by atomic mass is 9.72. The van der Waals surface area contributed by atoms with Crippen molar-refractivity contribution < 1.29 is 32.2 Å². The van der Waals surface area contributed by atoms with Gasteiger partial charge in [-0.3, -0.25) is 4.79 Å². The molecule has 0 spiro atoms. The molecule has 1 aliphatic carbocycles. The molecule has 5 unspecified atom stereocenters. The fourth-order valence-electron chi connectivity index (χ4n) is 4.16. The Balaban J connectivity index is 1.65. The largest absolute Gasteiger partial charge is 0.459 e. The zero-order valence-corrected chi connectivity index (χ0v) is 15.2. The van der Waals surface area contributed by atoms with Gasteiger partial charge in [0.05, 0.1) is 23.4 Å². The van der Waals surface area contributed by atoms with Gasteiger partial charge < -0.3 is 14.2 Å². The highest BCUT2D eigenvalue weighted by Gasteiger charge is 2.59.